The summed E-state index contributed by atoms with van der Waals surface area (Å²) in [5.41, 5.74) is 8.00. The summed E-state index contributed by atoms with van der Waals surface area (Å²) >= 11 is 6.00. The molecule has 1 aromatic carbocycles. The molecule has 3 aromatic rings. The van der Waals surface area contributed by atoms with E-state index in [1.807, 2.05) is 0 Å². The number of nitrogens with two attached hydrogens (primary N) is 1. The van der Waals surface area contributed by atoms with Gasteiger partial charge in [-0.3, -0.25) is 0 Å². The fraction of sp³-hybridized carbons (Fsp3) is 0.118. The highest BCUT2D eigenvalue weighted by Crippen LogP contribution is 2.32. The number of nitrogens with zero attached hydrogens (tertiary/aromatic N) is 3. The number of hydrogen-bond donors (Lipinski definition) is 1. The van der Waals surface area contributed by atoms with E-state index in [1.54, 1.807) is 42.5 Å². The Morgan fingerprint density at radius 2 is 1.96 bits per heavy atom. The molecule has 25 heavy (non-hydrogen) atoms. The van der Waals surface area contributed by atoms with Crippen LogP contribution in [0.3, 0.4) is 0 Å². The molecular weight excluding hydrogens is 350 g/mol. The van der Waals surface area contributed by atoms with Gasteiger partial charge in [-0.05, 0) is 41.5 Å². The number of halogens is 3. The second-order valence-corrected chi connectivity index (χ2v) is 5.65. The van der Waals surface area contributed by atoms with Gasteiger partial charge in [0.15, 0.2) is 0 Å². The average molecular weight is 363 g/mol. The molecule has 2 aromatic heterocycles. The van der Waals surface area contributed by atoms with Crippen molar-refractivity contribution in [2.24, 2.45) is 0 Å². The lowest BCUT2D eigenvalue weighted by Gasteiger charge is -2.12. The molecule has 5 nitrogen and oxygen atoms in total. The summed E-state index contributed by atoms with van der Waals surface area (Å²) in [6.07, 6.45) is 1.88. The highest BCUT2D eigenvalue weighted by atomic mass is 35.5. The zero-order valence-corrected chi connectivity index (χ0v) is 13.6. The standard InChI is InChI=1S/C17H13ClF2N4O/c18-12-3-1-2-11(8-12)14-7-10(9-22-16(14)25-17(19)20)6-13-4-5-15(21)24-23-13/h1-5,7-9,17H,6H2,(H2,21,24). The zero-order valence-electron chi connectivity index (χ0n) is 12.9. The zero-order chi connectivity index (χ0) is 17.8. The van der Waals surface area contributed by atoms with Crippen LogP contribution in [0.4, 0.5) is 14.6 Å². The molecule has 0 radical (unpaired) electrons. The molecule has 0 spiro atoms. The molecule has 2 heterocycles. The van der Waals surface area contributed by atoms with Gasteiger partial charge in [-0.25, -0.2) is 4.98 Å². The van der Waals surface area contributed by atoms with Gasteiger partial charge >= 0.3 is 6.61 Å². The summed E-state index contributed by atoms with van der Waals surface area (Å²) in [5, 5.41) is 8.26. The van der Waals surface area contributed by atoms with Crippen LogP contribution >= 0.6 is 11.6 Å². The Balaban J connectivity index is 1.98. The third-order valence-electron chi connectivity index (χ3n) is 3.37. The maximum atomic E-state index is 12.7. The van der Waals surface area contributed by atoms with Crippen LogP contribution in [0.15, 0.2) is 48.7 Å². The van der Waals surface area contributed by atoms with Gasteiger partial charge in [0.25, 0.3) is 0 Å². The monoisotopic (exact) mass is 362 g/mol. The minimum atomic E-state index is -2.97. The van der Waals surface area contributed by atoms with E-state index in [-0.39, 0.29) is 5.88 Å². The maximum absolute atomic E-state index is 12.7. The molecule has 0 bridgehead atoms. The maximum Gasteiger partial charge on any atom is 0.388 e. The van der Waals surface area contributed by atoms with Crippen molar-refractivity contribution in [1.82, 2.24) is 15.2 Å². The van der Waals surface area contributed by atoms with Crippen molar-refractivity contribution in [3.8, 4) is 17.0 Å². The van der Waals surface area contributed by atoms with Crippen molar-refractivity contribution in [1.29, 1.82) is 0 Å². The number of alkyl halides is 2. The average Bonchev–Trinajstić information content (AvgIpc) is 2.58. The Morgan fingerprint density at radius 1 is 1.12 bits per heavy atom. The molecule has 0 atom stereocenters. The third-order valence-corrected chi connectivity index (χ3v) is 3.60. The van der Waals surface area contributed by atoms with Gasteiger partial charge in [-0.1, -0.05) is 23.7 Å². The summed E-state index contributed by atoms with van der Waals surface area (Å²) in [5.74, 6) is 0.159. The number of rotatable bonds is 5. The molecule has 3 rings (SSSR count). The van der Waals surface area contributed by atoms with Gasteiger partial charge in [0, 0.05) is 23.2 Å². The van der Waals surface area contributed by atoms with Crippen LogP contribution in [-0.2, 0) is 6.42 Å². The van der Waals surface area contributed by atoms with Crippen molar-refractivity contribution in [3.63, 3.8) is 0 Å². The van der Waals surface area contributed by atoms with Crippen LogP contribution in [0.5, 0.6) is 5.88 Å². The molecule has 0 aliphatic rings. The minimum Gasteiger partial charge on any atom is -0.416 e. The van der Waals surface area contributed by atoms with Crippen molar-refractivity contribution >= 4 is 17.4 Å². The molecule has 0 unspecified atom stereocenters. The quantitative estimate of drug-likeness (QED) is 0.743. The van der Waals surface area contributed by atoms with E-state index in [2.05, 4.69) is 19.9 Å². The van der Waals surface area contributed by atoms with E-state index in [0.29, 0.717) is 34.1 Å². The van der Waals surface area contributed by atoms with Crippen LogP contribution in [0.25, 0.3) is 11.1 Å². The second kappa shape index (κ2) is 7.40. The Morgan fingerprint density at radius 3 is 2.64 bits per heavy atom. The Hall–Kier alpha value is -2.80. The SMILES string of the molecule is Nc1ccc(Cc2cnc(OC(F)F)c(-c3cccc(Cl)c3)c2)nn1. The fourth-order valence-corrected chi connectivity index (χ4v) is 2.50. The first kappa shape index (κ1) is 17.0. The molecular formula is C17H13ClF2N4O. The number of aromatic nitrogens is 3. The number of nitrogen functional groups attached to an aromatic ring is 1. The predicted molar refractivity (Wildman–Crippen MR) is 90.6 cm³/mol. The Kier molecular flexibility index (Phi) is 5.04. The van der Waals surface area contributed by atoms with Crippen molar-refractivity contribution in [2.75, 3.05) is 5.73 Å². The lowest BCUT2D eigenvalue weighted by molar-refractivity contribution is -0.0524. The minimum absolute atomic E-state index is 0.163. The lowest BCUT2D eigenvalue weighted by Crippen LogP contribution is -2.06. The molecule has 0 aliphatic heterocycles. The van der Waals surface area contributed by atoms with Crippen LogP contribution in [0, 0.1) is 0 Å². The van der Waals surface area contributed by atoms with Crippen molar-refractivity contribution in [2.45, 2.75) is 13.0 Å². The third kappa shape index (κ3) is 4.39. The fourth-order valence-electron chi connectivity index (χ4n) is 2.31. The molecule has 2 N–H and O–H groups in total. The summed E-state index contributed by atoms with van der Waals surface area (Å²) in [6, 6.07) is 11.9. The number of benzene rings is 1. The van der Waals surface area contributed by atoms with Gasteiger partial charge < -0.3 is 10.5 Å². The number of hydrogen-bond acceptors (Lipinski definition) is 5. The van der Waals surface area contributed by atoms with Gasteiger partial charge in [0.2, 0.25) is 5.88 Å². The topological polar surface area (TPSA) is 73.9 Å². The highest BCUT2D eigenvalue weighted by Gasteiger charge is 2.14. The molecule has 0 saturated carbocycles. The summed E-state index contributed by atoms with van der Waals surface area (Å²) in [4.78, 5) is 4.02. The molecule has 0 aliphatic carbocycles. The number of anilines is 1. The Bertz CT molecular complexity index is 875. The van der Waals surface area contributed by atoms with Crippen LogP contribution in [0.2, 0.25) is 5.02 Å². The molecule has 8 heteroatoms. The van der Waals surface area contributed by atoms with E-state index >= 15 is 0 Å². The highest BCUT2D eigenvalue weighted by molar-refractivity contribution is 6.30. The summed E-state index contributed by atoms with van der Waals surface area (Å²) in [7, 11) is 0. The Labute approximate surface area is 147 Å². The number of ether oxygens (including phenoxy) is 1. The van der Waals surface area contributed by atoms with Gasteiger partial charge in [0.05, 0.1) is 5.69 Å². The van der Waals surface area contributed by atoms with Gasteiger partial charge in [-0.15, -0.1) is 5.10 Å². The van der Waals surface area contributed by atoms with E-state index < -0.39 is 6.61 Å². The lowest BCUT2D eigenvalue weighted by atomic mass is 10.0. The first-order valence-electron chi connectivity index (χ1n) is 7.29. The summed E-state index contributed by atoms with van der Waals surface area (Å²) in [6.45, 7) is -2.97. The van der Waals surface area contributed by atoms with Crippen molar-refractivity contribution < 1.29 is 13.5 Å². The number of pyridine rings is 1. The largest absolute Gasteiger partial charge is 0.416 e. The van der Waals surface area contributed by atoms with E-state index in [0.717, 1.165) is 5.56 Å². The first-order valence-corrected chi connectivity index (χ1v) is 7.67. The van der Waals surface area contributed by atoms with Crippen LogP contribution in [0.1, 0.15) is 11.3 Å². The van der Waals surface area contributed by atoms with E-state index in [9.17, 15) is 8.78 Å². The summed E-state index contributed by atoms with van der Waals surface area (Å²) < 4.78 is 29.9. The van der Waals surface area contributed by atoms with Crippen LogP contribution in [-0.4, -0.2) is 21.8 Å². The van der Waals surface area contributed by atoms with Crippen LogP contribution < -0.4 is 10.5 Å². The smallest absolute Gasteiger partial charge is 0.388 e. The predicted octanol–water partition coefficient (Wildman–Crippen LogP) is 3.97. The molecule has 128 valence electrons. The first-order chi connectivity index (χ1) is 12.0. The van der Waals surface area contributed by atoms with Gasteiger partial charge in [-0.2, -0.15) is 13.9 Å². The van der Waals surface area contributed by atoms with E-state index in [4.69, 9.17) is 17.3 Å². The molecule has 0 amide bonds. The van der Waals surface area contributed by atoms with Gasteiger partial charge in [0.1, 0.15) is 5.82 Å². The normalized spacial score (nSPS) is 10.9. The second-order valence-electron chi connectivity index (χ2n) is 5.21. The molecule has 0 saturated heterocycles. The van der Waals surface area contributed by atoms with E-state index in [1.165, 1.54) is 6.20 Å². The van der Waals surface area contributed by atoms with Crippen molar-refractivity contribution in [3.05, 3.63) is 64.9 Å². The molecule has 0 fully saturated rings.